The van der Waals surface area contributed by atoms with E-state index in [1.807, 2.05) is 48.5 Å². The van der Waals surface area contributed by atoms with Crippen LogP contribution in [0.15, 0.2) is 76.7 Å². The highest BCUT2D eigenvalue weighted by Crippen LogP contribution is 2.27. The second-order valence-corrected chi connectivity index (χ2v) is 7.91. The van der Waals surface area contributed by atoms with E-state index in [9.17, 15) is 4.79 Å². The van der Waals surface area contributed by atoms with Gasteiger partial charge in [-0.15, -0.1) is 0 Å². The lowest BCUT2D eigenvalue weighted by atomic mass is 10.1. The lowest BCUT2D eigenvalue weighted by Gasteiger charge is -2.14. The van der Waals surface area contributed by atoms with E-state index >= 15 is 0 Å². The number of fused-ring (bicyclic) bond motifs is 1. The molecule has 0 radical (unpaired) electrons. The Bertz CT molecular complexity index is 1230. The first-order chi connectivity index (χ1) is 14.1. The van der Waals surface area contributed by atoms with E-state index in [-0.39, 0.29) is 5.56 Å². The summed E-state index contributed by atoms with van der Waals surface area (Å²) in [5, 5.41) is 1.29. The third-order valence-corrected chi connectivity index (χ3v) is 5.92. The van der Waals surface area contributed by atoms with Gasteiger partial charge in [-0.05, 0) is 61.4 Å². The van der Waals surface area contributed by atoms with Crippen LogP contribution >= 0.6 is 11.8 Å². The molecule has 0 unspecified atom stereocenters. The van der Waals surface area contributed by atoms with Crippen molar-refractivity contribution in [1.82, 2.24) is 9.55 Å². The molecule has 0 amide bonds. The molecule has 0 atom stereocenters. The maximum Gasteiger partial charge on any atom is 0.266 e. The zero-order chi connectivity index (χ0) is 20.4. The second-order valence-electron chi connectivity index (χ2n) is 6.97. The number of benzene rings is 3. The van der Waals surface area contributed by atoms with Crippen molar-refractivity contribution in [2.45, 2.75) is 24.8 Å². The van der Waals surface area contributed by atoms with E-state index < -0.39 is 0 Å². The molecule has 29 heavy (non-hydrogen) atoms. The van der Waals surface area contributed by atoms with Crippen molar-refractivity contribution in [1.29, 1.82) is 0 Å². The van der Waals surface area contributed by atoms with E-state index in [1.54, 1.807) is 23.4 Å². The predicted molar refractivity (Wildman–Crippen MR) is 119 cm³/mol. The van der Waals surface area contributed by atoms with Crippen molar-refractivity contribution in [3.63, 3.8) is 0 Å². The van der Waals surface area contributed by atoms with Crippen LogP contribution in [0.25, 0.3) is 16.6 Å². The molecule has 0 saturated carbocycles. The molecule has 4 rings (SSSR count). The van der Waals surface area contributed by atoms with Crippen molar-refractivity contribution in [2.24, 2.45) is 0 Å². The monoisotopic (exact) mass is 402 g/mol. The Morgan fingerprint density at radius 1 is 1.00 bits per heavy atom. The SMILES string of the molecule is COc1ccc(-n2c(SCc3cc(C)ccc3C)nc3ccccc3c2=O)cc1. The van der Waals surface area contributed by atoms with Crippen molar-refractivity contribution in [3.05, 3.63) is 93.8 Å². The molecule has 3 aromatic carbocycles. The summed E-state index contributed by atoms with van der Waals surface area (Å²) in [7, 11) is 1.63. The van der Waals surface area contributed by atoms with Gasteiger partial charge >= 0.3 is 0 Å². The van der Waals surface area contributed by atoms with Gasteiger partial charge in [0.25, 0.3) is 5.56 Å². The zero-order valence-corrected chi connectivity index (χ0v) is 17.5. The van der Waals surface area contributed by atoms with Crippen LogP contribution in [0.5, 0.6) is 5.75 Å². The standard InChI is InChI=1S/C24H22N2O2S/c1-16-8-9-17(2)18(14-16)15-29-24-25-22-7-5-4-6-21(22)23(27)26(24)19-10-12-20(28-3)13-11-19/h4-14H,15H2,1-3H3. The van der Waals surface area contributed by atoms with Gasteiger partial charge in [0.2, 0.25) is 0 Å². The molecule has 1 heterocycles. The van der Waals surface area contributed by atoms with E-state index in [4.69, 9.17) is 9.72 Å². The van der Waals surface area contributed by atoms with E-state index in [1.165, 1.54) is 16.7 Å². The van der Waals surface area contributed by atoms with Crippen LogP contribution in [0.1, 0.15) is 16.7 Å². The number of ether oxygens (including phenoxy) is 1. The molecule has 0 spiro atoms. The topological polar surface area (TPSA) is 44.1 Å². The summed E-state index contributed by atoms with van der Waals surface area (Å²) < 4.78 is 6.95. The van der Waals surface area contributed by atoms with Crippen LogP contribution in [-0.2, 0) is 5.75 Å². The van der Waals surface area contributed by atoms with Gasteiger partial charge in [0.15, 0.2) is 5.16 Å². The number of aromatic nitrogens is 2. The van der Waals surface area contributed by atoms with Gasteiger partial charge in [0.1, 0.15) is 5.75 Å². The Hall–Kier alpha value is -3.05. The molecule has 0 bridgehead atoms. The summed E-state index contributed by atoms with van der Waals surface area (Å²) in [6, 6.07) is 21.4. The largest absolute Gasteiger partial charge is 0.497 e. The molecule has 0 saturated heterocycles. The zero-order valence-electron chi connectivity index (χ0n) is 16.7. The number of thioether (sulfide) groups is 1. The van der Waals surface area contributed by atoms with Gasteiger partial charge in [0.05, 0.1) is 23.7 Å². The average Bonchev–Trinajstić information content (AvgIpc) is 2.75. The van der Waals surface area contributed by atoms with Crippen LogP contribution in [0.2, 0.25) is 0 Å². The van der Waals surface area contributed by atoms with Crippen LogP contribution in [0.4, 0.5) is 0 Å². The Balaban J connectivity index is 1.82. The normalized spacial score (nSPS) is 11.0. The second kappa shape index (κ2) is 8.13. The molecule has 0 N–H and O–H groups in total. The van der Waals surface area contributed by atoms with Crippen molar-refractivity contribution in [2.75, 3.05) is 7.11 Å². The first-order valence-electron chi connectivity index (χ1n) is 9.42. The Morgan fingerprint density at radius 3 is 2.52 bits per heavy atom. The van der Waals surface area contributed by atoms with Crippen LogP contribution in [0.3, 0.4) is 0 Å². The Morgan fingerprint density at radius 2 is 1.76 bits per heavy atom. The van der Waals surface area contributed by atoms with Crippen molar-refractivity contribution in [3.8, 4) is 11.4 Å². The maximum atomic E-state index is 13.3. The number of para-hydroxylation sites is 1. The van der Waals surface area contributed by atoms with E-state index in [0.717, 1.165) is 17.2 Å². The molecule has 1 aromatic heterocycles. The minimum absolute atomic E-state index is 0.0655. The van der Waals surface area contributed by atoms with Gasteiger partial charge in [-0.25, -0.2) is 4.98 Å². The lowest BCUT2D eigenvalue weighted by Crippen LogP contribution is -2.21. The molecule has 0 fully saturated rings. The van der Waals surface area contributed by atoms with Crippen molar-refractivity contribution < 1.29 is 4.74 Å². The molecule has 5 heteroatoms. The fourth-order valence-corrected chi connectivity index (χ4v) is 4.34. The first kappa shape index (κ1) is 19.3. The van der Waals surface area contributed by atoms with Gasteiger partial charge < -0.3 is 4.74 Å². The molecule has 0 aliphatic rings. The summed E-state index contributed by atoms with van der Waals surface area (Å²) in [6.45, 7) is 4.20. The predicted octanol–water partition coefficient (Wildman–Crippen LogP) is 5.30. The average molecular weight is 403 g/mol. The summed E-state index contributed by atoms with van der Waals surface area (Å²) in [6.07, 6.45) is 0. The summed E-state index contributed by atoms with van der Waals surface area (Å²) in [5.41, 5.74) is 5.14. The van der Waals surface area contributed by atoms with E-state index in [0.29, 0.717) is 16.1 Å². The minimum atomic E-state index is -0.0655. The number of rotatable bonds is 5. The highest BCUT2D eigenvalue weighted by molar-refractivity contribution is 7.98. The first-order valence-corrected chi connectivity index (χ1v) is 10.4. The lowest BCUT2D eigenvalue weighted by molar-refractivity contribution is 0.414. The third-order valence-electron chi connectivity index (χ3n) is 4.94. The summed E-state index contributed by atoms with van der Waals surface area (Å²) in [5.74, 6) is 1.49. The van der Waals surface area contributed by atoms with Crippen LogP contribution in [-0.4, -0.2) is 16.7 Å². The highest BCUT2D eigenvalue weighted by atomic mass is 32.2. The Labute approximate surface area is 174 Å². The number of hydrogen-bond acceptors (Lipinski definition) is 4. The molecule has 0 aliphatic carbocycles. The number of hydrogen-bond donors (Lipinski definition) is 0. The number of nitrogens with zero attached hydrogens (tertiary/aromatic N) is 2. The fraction of sp³-hybridized carbons (Fsp3) is 0.167. The molecule has 0 aliphatic heterocycles. The third kappa shape index (κ3) is 3.91. The van der Waals surface area contributed by atoms with Gasteiger partial charge in [-0.1, -0.05) is 47.7 Å². The quantitative estimate of drug-likeness (QED) is 0.335. The minimum Gasteiger partial charge on any atom is -0.497 e. The molecule has 146 valence electrons. The van der Waals surface area contributed by atoms with Crippen molar-refractivity contribution >= 4 is 22.7 Å². The van der Waals surface area contributed by atoms with Crippen LogP contribution < -0.4 is 10.3 Å². The molecule has 4 aromatic rings. The smallest absolute Gasteiger partial charge is 0.266 e. The summed E-state index contributed by atoms with van der Waals surface area (Å²) >= 11 is 1.58. The highest BCUT2D eigenvalue weighted by Gasteiger charge is 2.14. The van der Waals surface area contributed by atoms with E-state index in [2.05, 4.69) is 32.0 Å². The molecule has 4 nitrogen and oxygen atoms in total. The molecular formula is C24H22N2O2S. The maximum absolute atomic E-state index is 13.3. The molecular weight excluding hydrogens is 380 g/mol. The summed E-state index contributed by atoms with van der Waals surface area (Å²) in [4.78, 5) is 18.1. The van der Waals surface area contributed by atoms with Gasteiger partial charge in [-0.3, -0.25) is 9.36 Å². The number of methoxy groups -OCH3 is 1. The fourth-order valence-electron chi connectivity index (χ4n) is 3.27. The number of aryl methyl sites for hydroxylation is 2. The van der Waals surface area contributed by atoms with Gasteiger partial charge in [0, 0.05) is 5.75 Å². The Kier molecular flexibility index (Phi) is 5.41. The van der Waals surface area contributed by atoms with Crippen LogP contribution in [0, 0.1) is 13.8 Å². The van der Waals surface area contributed by atoms with Gasteiger partial charge in [-0.2, -0.15) is 0 Å².